The highest BCUT2D eigenvalue weighted by Crippen LogP contribution is 2.25. The fourth-order valence-corrected chi connectivity index (χ4v) is 2.82. The smallest absolute Gasteiger partial charge is 0.259 e. The zero-order valence-corrected chi connectivity index (χ0v) is 14.8. The number of benzene rings is 3. The Morgan fingerprint density at radius 3 is 2.73 bits per heavy atom. The molecule has 0 aliphatic rings. The quantitative estimate of drug-likeness (QED) is 0.486. The molecule has 3 rings (SSSR count). The summed E-state index contributed by atoms with van der Waals surface area (Å²) in [6, 6.07) is 17.2. The first-order valence-corrected chi connectivity index (χ1v) is 8.38. The second kappa shape index (κ2) is 7.70. The Balaban J connectivity index is 1.64. The van der Waals surface area contributed by atoms with Crippen LogP contribution in [0.4, 0.5) is 5.69 Å². The molecule has 0 heterocycles. The summed E-state index contributed by atoms with van der Waals surface area (Å²) in [6.45, 7) is 4.14. The van der Waals surface area contributed by atoms with Crippen LogP contribution >= 0.6 is 0 Å². The third kappa shape index (κ3) is 4.00. The summed E-state index contributed by atoms with van der Waals surface area (Å²) in [6.07, 6.45) is 1.46. The number of hydrogen-bond acceptors (Lipinski definition) is 4. The maximum atomic E-state index is 12.0. The van der Waals surface area contributed by atoms with Crippen molar-refractivity contribution in [1.82, 2.24) is 5.43 Å². The van der Waals surface area contributed by atoms with Gasteiger partial charge in [0.1, 0.15) is 5.75 Å². The van der Waals surface area contributed by atoms with Crippen molar-refractivity contribution in [2.24, 2.45) is 5.10 Å². The largest absolute Gasteiger partial charge is 0.507 e. The van der Waals surface area contributed by atoms with Gasteiger partial charge in [0.2, 0.25) is 0 Å². The van der Waals surface area contributed by atoms with Gasteiger partial charge in [0.15, 0.2) is 0 Å². The molecule has 0 unspecified atom stereocenters. The highest BCUT2D eigenvalue weighted by molar-refractivity contribution is 6.02. The van der Waals surface area contributed by atoms with Crippen molar-refractivity contribution in [3.63, 3.8) is 0 Å². The molecule has 3 aromatic carbocycles. The maximum Gasteiger partial charge on any atom is 0.259 e. The second-order valence-electron chi connectivity index (χ2n) is 6.18. The number of rotatable bonds is 5. The lowest BCUT2D eigenvalue weighted by atomic mass is 10.0. The molecule has 0 saturated heterocycles. The lowest BCUT2D eigenvalue weighted by Gasteiger charge is -2.09. The Bertz CT molecular complexity index is 980. The molecule has 0 bridgehead atoms. The van der Waals surface area contributed by atoms with Crippen LogP contribution in [0.25, 0.3) is 10.8 Å². The van der Waals surface area contributed by atoms with Crippen molar-refractivity contribution in [1.29, 1.82) is 0 Å². The van der Waals surface area contributed by atoms with Gasteiger partial charge in [-0.2, -0.15) is 5.10 Å². The number of phenols is 1. The normalized spacial score (nSPS) is 11.0. The predicted molar refractivity (Wildman–Crippen MR) is 106 cm³/mol. The summed E-state index contributed by atoms with van der Waals surface area (Å²) in [7, 11) is 0. The van der Waals surface area contributed by atoms with Gasteiger partial charge in [0.05, 0.1) is 12.8 Å². The predicted octanol–water partition coefficient (Wildman–Crippen LogP) is 3.72. The van der Waals surface area contributed by atoms with E-state index in [4.69, 9.17) is 0 Å². The first kappa shape index (κ1) is 17.5. The Morgan fingerprint density at radius 2 is 1.92 bits per heavy atom. The van der Waals surface area contributed by atoms with E-state index < -0.39 is 0 Å². The van der Waals surface area contributed by atoms with Gasteiger partial charge in [-0.1, -0.05) is 48.0 Å². The summed E-state index contributed by atoms with van der Waals surface area (Å²) in [5.74, 6) is -0.143. The van der Waals surface area contributed by atoms with Gasteiger partial charge in [-0.15, -0.1) is 0 Å². The number of hydrogen-bond donors (Lipinski definition) is 3. The molecule has 0 fully saturated rings. The molecule has 5 heteroatoms. The lowest BCUT2D eigenvalue weighted by Crippen LogP contribution is -2.26. The summed E-state index contributed by atoms with van der Waals surface area (Å²) < 4.78 is 0. The number of anilines is 1. The van der Waals surface area contributed by atoms with Gasteiger partial charge < -0.3 is 10.4 Å². The molecule has 3 N–H and O–H groups in total. The van der Waals surface area contributed by atoms with Crippen LogP contribution in [-0.4, -0.2) is 23.8 Å². The average molecular weight is 347 g/mol. The Morgan fingerprint density at radius 1 is 1.12 bits per heavy atom. The third-order valence-corrected chi connectivity index (χ3v) is 4.15. The Hall–Kier alpha value is -3.34. The molecule has 0 aliphatic carbocycles. The maximum absolute atomic E-state index is 12.0. The SMILES string of the molecule is Cc1ccc(NCC(=O)N/N=C\c2c(O)ccc3ccccc23)c(C)c1. The number of fused-ring (bicyclic) bond motifs is 1. The van der Waals surface area contributed by atoms with E-state index in [2.05, 4.69) is 21.9 Å². The van der Waals surface area contributed by atoms with Gasteiger partial charge in [-0.25, -0.2) is 5.43 Å². The molecule has 0 radical (unpaired) electrons. The van der Waals surface area contributed by atoms with E-state index >= 15 is 0 Å². The molecule has 0 atom stereocenters. The molecular weight excluding hydrogens is 326 g/mol. The van der Waals surface area contributed by atoms with Crippen LogP contribution in [0.5, 0.6) is 5.75 Å². The van der Waals surface area contributed by atoms with Gasteiger partial charge >= 0.3 is 0 Å². The first-order valence-electron chi connectivity index (χ1n) is 8.38. The molecule has 1 amide bonds. The van der Waals surface area contributed by atoms with Crippen LogP contribution in [0.15, 0.2) is 59.7 Å². The molecule has 26 heavy (non-hydrogen) atoms. The molecule has 132 valence electrons. The van der Waals surface area contributed by atoms with Gasteiger partial charge in [-0.3, -0.25) is 4.79 Å². The number of hydrazone groups is 1. The standard InChI is InChI=1S/C21H21N3O2/c1-14-7-9-19(15(2)11-14)22-13-21(26)24-23-12-18-17-6-4-3-5-16(17)8-10-20(18)25/h3-12,22,25H,13H2,1-2H3,(H,24,26)/b23-12-. The molecule has 0 aromatic heterocycles. The topological polar surface area (TPSA) is 73.7 Å². The van der Waals surface area contributed by atoms with Gasteiger partial charge in [-0.05, 0) is 42.3 Å². The van der Waals surface area contributed by atoms with Crippen LogP contribution in [0.2, 0.25) is 0 Å². The van der Waals surface area contributed by atoms with E-state index in [0.29, 0.717) is 5.56 Å². The summed E-state index contributed by atoms with van der Waals surface area (Å²) in [5.41, 5.74) is 6.24. The van der Waals surface area contributed by atoms with Crippen LogP contribution in [0.1, 0.15) is 16.7 Å². The van der Waals surface area contributed by atoms with E-state index in [9.17, 15) is 9.90 Å². The Labute approximate surface area is 152 Å². The van der Waals surface area contributed by atoms with E-state index in [1.807, 2.05) is 56.3 Å². The molecule has 3 aromatic rings. The number of aryl methyl sites for hydroxylation is 2. The second-order valence-corrected chi connectivity index (χ2v) is 6.18. The number of carbonyl (C=O) groups excluding carboxylic acids is 1. The van der Waals surface area contributed by atoms with Crippen molar-refractivity contribution in [2.45, 2.75) is 13.8 Å². The molecular formula is C21H21N3O2. The van der Waals surface area contributed by atoms with Crippen molar-refractivity contribution in [2.75, 3.05) is 11.9 Å². The highest BCUT2D eigenvalue weighted by atomic mass is 16.3. The van der Waals surface area contributed by atoms with E-state index in [0.717, 1.165) is 22.0 Å². The van der Waals surface area contributed by atoms with Gasteiger partial charge in [0, 0.05) is 11.3 Å². The van der Waals surface area contributed by atoms with E-state index in [1.165, 1.54) is 11.8 Å². The van der Waals surface area contributed by atoms with E-state index in [1.54, 1.807) is 6.07 Å². The Kier molecular flexibility index (Phi) is 5.17. The molecule has 0 aliphatic heterocycles. The van der Waals surface area contributed by atoms with Crippen LogP contribution < -0.4 is 10.7 Å². The number of phenolic OH excluding ortho intramolecular Hbond substituents is 1. The number of carbonyl (C=O) groups is 1. The summed E-state index contributed by atoms with van der Waals surface area (Å²) in [4.78, 5) is 12.0. The zero-order valence-electron chi connectivity index (χ0n) is 14.8. The fraction of sp³-hybridized carbons (Fsp3) is 0.143. The number of nitrogens with one attached hydrogen (secondary N) is 2. The van der Waals surface area contributed by atoms with E-state index in [-0.39, 0.29) is 18.2 Å². The minimum atomic E-state index is -0.263. The molecule has 0 saturated carbocycles. The van der Waals surface area contributed by atoms with Crippen molar-refractivity contribution >= 4 is 28.6 Å². The number of nitrogens with zero attached hydrogens (tertiary/aromatic N) is 1. The fourth-order valence-electron chi connectivity index (χ4n) is 2.82. The number of aromatic hydroxyl groups is 1. The zero-order chi connectivity index (χ0) is 18.5. The van der Waals surface area contributed by atoms with Gasteiger partial charge in [0.25, 0.3) is 5.91 Å². The number of amides is 1. The molecule has 0 spiro atoms. The summed E-state index contributed by atoms with van der Waals surface area (Å²) in [5, 5.41) is 19.0. The van der Waals surface area contributed by atoms with Crippen molar-refractivity contribution < 1.29 is 9.90 Å². The third-order valence-electron chi connectivity index (χ3n) is 4.15. The van der Waals surface area contributed by atoms with Crippen LogP contribution in [0, 0.1) is 13.8 Å². The van der Waals surface area contributed by atoms with Crippen molar-refractivity contribution in [3.05, 3.63) is 71.3 Å². The van der Waals surface area contributed by atoms with Crippen LogP contribution in [-0.2, 0) is 4.79 Å². The minimum Gasteiger partial charge on any atom is -0.507 e. The monoisotopic (exact) mass is 347 g/mol. The van der Waals surface area contributed by atoms with Crippen LogP contribution in [0.3, 0.4) is 0 Å². The minimum absolute atomic E-state index is 0.114. The highest BCUT2D eigenvalue weighted by Gasteiger charge is 2.05. The lowest BCUT2D eigenvalue weighted by molar-refractivity contribution is -0.119. The van der Waals surface area contributed by atoms with Crippen molar-refractivity contribution in [3.8, 4) is 5.75 Å². The first-order chi connectivity index (χ1) is 12.5. The molecule has 5 nitrogen and oxygen atoms in total. The average Bonchev–Trinajstić information content (AvgIpc) is 2.63. The summed E-state index contributed by atoms with van der Waals surface area (Å²) >= 11 is 0.